The Bertz CT molecular complexity index is 1800. The lowest BCUT2D eigenvalue weighted by molar-refractivity contribution is -0.166. The Morgan fingerprint density at radius 1 is 1.10 bits per heavy atom. The van der Waals surface area contributed by atoms with E-state index in [2.05, 4.69) is 21.2 Å². The molecule has 1 saturated heterocycles. The Morgan fingerprint density at radius 3 is 2.34 bits per heavy atom. The Balaban J connectivity index is 1.72. The van der Waals surface area contributed by atoms with Crippen LogP contribution < -0.4 is 15.3 Å². The molecular formula is C33H43N6O10P. The van der Waals surface area contributed by atoms with Crippen LogP contribution in [0, 0.1) is 17.2 Å². The summed E-state index contributed by atoms with van der Waals surface area (Å²) in [6, 6.07) is 10.7. The fourth-order valence-electron chi connectivity index (χ4n) is 5.25. The highest BCUT2D eigenvalue weighted by Gasteiger charge is 2.62. The number of hydrogen-bond donors (Lipinski definition) is 2. The van der Waals surface area contributed by atoms with Gasteiger partial charge in [0.2, 0.25) is 5.60 Å². The third-order valence-electron chi connectivity index (χ3n) is 7.65. The number of nitrogen functional groups attached to an aromatic ring is 1. The van der Waals surface area contributed by atoms with Crippen molar-refractivity contribution in [2.45, 2.75) is 90.8 Å². The fraction of sp³-hybridized carbons (Fsp3) is 0.515. The number of nitriles is 1. The summed E-state index contributed by atoms with van der Waals surface area (Å²) >= 11 is 0. The summed E-state index contributed by atoms with van der Waals surface area (Å²) in [4.78, 5) is 41.5. The maximum absolute atomic E-state index is 14.4. The highest BCUT2D eigenvalue weighted by molar-refractivity contribution is 7.52. The molecule has 4 rings (SSSR count). The minimum absolute atomic E-state index is 0.0516. The minimum atomic E-state index is -4.48. The van der Waals surface area contributed by atoms with Gasteiger partial charge in [0, 0.05) is 13.8 Å². The lowest BCUT2D eigenvalue weighted by Gasteiger charge is -2.28. The van der Waals surface area contributed by atoms with Gasteiger partial charge in [-0.25, -0.2) is 14.1 Å². The van der Waals surface area contributed by atoms with E-state index in [1.165, 1.54) is 17.5 Å². The molecule has 0 radical (unpaired) electrons. The van der Waals surface area contributed by atoms with Gasteiger partial charge in [-0.3, -0.25) is 18.9 Å². The van der Waals surface area contributed by atoms with Gasteiger partial charge in [0.05, 0.1) is 18.9 Å². The Morgan fingerprint density at radius 2 is 1.76 bits per heavy atom. The number of benzene rings is 1. The zero-order chi connectivity index (χ0) is 37.0. The highest BCUT2D eigenvalue weighted by atomic mass is 31.2. The Kier molecular flexibility index (Phi) is 11.6. The number of fused-ring (bicyclic) bond motifs is 1. The monoisotopic (exact) mass is 714 g/mol. The van der Waals surface area contributed by atoms with Gasteiger partial charge >= 0.3 is 25.7 Å². The predicted octanol–water partition coefficient (Wildman–Crippen LogP) is 3.97. The van der Waals surface area contributed by atoms with Gasteiger partial charge in [-0.2, -0.15) is 15.4 Å². The van der Waals surface area contributed by atoms with Crippen molar-refractivity contribution in [1.82, 2.24) is 19.7 Å². The molecule has 0 saturated carbocycles. The maximum atomic E-state index is 14.4. The summed E-state index contributed by atoms with van der Waals surface area (Å²) in [6.07, 6.45) is -3.22. The van der Waals surface area contributed by atoms with E-state index < -0.39 is 62.2 Å². The number of aromatic nitrogens is 3. The lowest BCUT2D eigenvalue weighted by atomic mass is 9.87. The molecule has 0 spiro atoms. The first kappa shape index (κ1) is 38.3. The average molecular weight is 715 g/mol. The van der Waals surface area contributed by atoms with Gasteiger partial charge in [0.1, 0.15) is 35.8 Å². The Hall–Kier alpha value is -4.55. The number of hydrogen-bond acceptors (Lipinski definition) is 14. The molecule has 0 aliphatic carbocycles. The highest BCUT2D eigenvalue weighted by Crippen LogP contribution is 2.48. The SMILES string of the molecule is CC(=O)O[C@H]1[C@@H](OC(C)=O)[C@](C#N)(c2ccc3c(N)ncnn23)O[C@@H]1COP(=O)(N[C@@H](C)C(=O)OCC(C)C)Oc1ccc(C(C)(C)C)cc1. The summed E-state index contributed by atoms with van der Waals surface area (Å²) in [7, 11) is -4.48. The van der Waals surface area contributed by atoms with Gasteiger partial charge in [0.25, 0.3) is 0 Å². The second-order valence-corrected chi connectivity index (χ2v) is 15.0. The second kappa shape index (κ2) is 15.1. The average Bonchev–Trinajstić information content (AvgIpc) is 3.59. The standard InChI is InChI=1S/C33H43N6O10P/c1-19(2)15-44-31(42)20(3)38-50(43,49-24-11-9-23(10-12-24)32(6,7)8)45-16-26-28(46-21(4)40)29(47-22(5)41)33(17-34,48-26)27-14-13-25-30(35)36-18-37-39(25)27/h9-14,18-20,26,28-29H,15-16H2,1-8H3,(H,38,43)(H2,35,36,37)/t20-,26+,28+,29+,33-,50?/m0/s1. The van der Waals surface area contributed by atoms with E-state index in [-0.39, 0.29) is 35.2 Å². The van der Waals surface area contributed by atoms with Crippen molar-refractivity contribution in [3.8, 4) is 11.8 Å². The molecule has 6 atom stereocenters. The molecular weight excluding hydrogens is 671 g/mol. The molecule has 16 nitrogen and oxygen atoms in total. The number of nitrogens with one attached hydrogen (secondary N) is 1. The predicted molar refractivity (Wildman–Crippen MR) is 178 cm³/mol. The number of ether oxygens (including phenoxy) is 4. The van der Waals surface area contributed by atoms with Crippen LogP contribution in [0.1, 0.15) is 66.6 Å². The van der Waals surface area contributed by atoms with Crippen molar-refractivity contribution < 1.29 is 46.9 Å². The molecule has 1 aliphatic heterocycles. The van der Waals surface area contributed by atoms with E-state index in [0.29, 0.717) is 5.52 Å². The summed E-state index contributed by atoms with van der Waals surface area (Å²) in [5.41, 5.74) is 5.09. The largest absolute Gasteiger partial charge is 0.464 e. The number of anilines is 1. The molecule has 270 valence electrons. The summed E-state index contributed by atoms with van der Waals surface area (Å²) in [6.45, 7) is 13.0. The topological polar surface area (TPSA) is 216 Å². The van der Waals surface area contributed by atoms with Crippen LogP contribution in [0.3, 0.4) is 0 Å². The molecule has 50 heavy (non-hydrogen) atoms. The molecule has 0 bridgehead atoms. The number of carbonyl (C=O) groups is 3. The van der Waals surface area contributed by atoms with Crippen molar-refractivity contribution in [3.05, 3.63) is 54.0 Å². The van der Waals surface area contributed by atoms with Crippen LogP contribution in [0.25, 0.3) is 5.52 Å². The van der Waals surface area contributed by atoms with Crippen LogP contribution in [0.15, 0.2) is 42.7 Å². The van der Waals surface area contributed by atoms with Crippen molar-refractivity contribution in [2.24, 2.45) is 5.92 Å². The fourth-order valence-corrected chi connectivity index (χ4v) is 6.76. The summed E-state index contributed by atoms with van der Waals surface area (Å²) < 4.78 is 50.2. The first-order chi connectivity index (χ1) is 23.4. The van der Waals surface area contributed by atoms with Crippen LogP contribution >= 0.6 is 7.75 Å². The maximum Gasteiger partial charge on any atom is 0.459 e. The number of nitrogens with zero attached hydrogens (tertiary/aromatic N) is 4. The molecule has 1 aromatic carbocycles. The minimum Gasteiger partial charge on any atom is -0.464 e. The second-order valence-electron chi connectivity index (χ2n) is 13.3. The van der Waals surface area contributed by atoms with E-state index in [1.54, 1.807) is 30.3 Å². The van der Waals surface area contributed by atoms with E-state index in [1.807, 2.05) is 34.6 Å². The Labute approximate surface area is 290 Å². The number of rotatable bonds is 13. The van der Waals surface area contributed by atoms with E-state index >= 15 is 0 Å². The van der Waals surface area contributed by atoms with Gasteiger partial charge in [-0.1, -0.05) is 46.8 Å². The van der Waals surface area contributed by atoms with Crippen molar-refractivity contribution >= 4 is 37.0 Å². The molecule has 2 aromatic heterocycles. The van der Waals surface area contributed by atoms with Crippen LogP contribution in [0.4, 0.5) is 5.82 Å². The third-order valence-corrected chi connectivity index (χ3v) is 9.29. The van der Waals surface area contributed by atoms with E-state index in [9.17, 15) is 24.2 Å². The molecule has 3 N–H and O–H groups in total. The van der Waals surface area contributed by atoms with Crippen LogP contribution in [0.5, 0.6) is 5.75 Å². The summed E-state index contributed by atoms with van der Waals surface area (Å²) in [5.74, 6) is -2.01. The van der Waals surface area contributed by atoms with Gasteiger partial charge in [-0.15, -0.1) is 0 Å². The number of nitrogens with two attached hydrogens (primary N) is 1. The first-order valence-electron chi connectivity index (χ1n) is 15.9. The molecule has 1 aliphatic rings. The van der Waals surface area contributed by atoms with Gasteiger partial charge < -0.3 is 29.2 Å². The lowest BCUT2D eigenvalue weighted by Crippen LogP contribution is -2.45. The first-order valence-corrected chi connectivity index (χ1v) is 17.4. The zero-order valence-electron chi connectivity index (χ0n) is 29.2. The molecule has 0 amide bonds. The van der Waals surface area contributed by atoms with Crippen molar-refractivity contribution in [1.29, 1.82) is 5.26 Å². The number of esters is 3. The van der Waals surface area contributed by atoms with Gasteiger partial charge in [-0.05, 0) is 48.1 Å². The molecule has 17 heteroatoms. The molecule has 3 aromatic rings. The summed E-state index contributed by atoms with van der Waals surface area (Å²) in [5, 5.41) is 17.5. The van der Waals surface area contributed by atoms with E-state index in [4.69, 9.17) is 33.7 Å². The van der Waals surface area contributed by atoms with Gasteiger partial charge in [0.15, 0.2) is 18.0 Å². The molecule has 1 fully saturated rings. The zero-order valence-corrected chi connectivity index (χ0v) is 30.1. The molecule has 1 unspecified atom stereocenters. The van der Waals surface area contributed by atoms with Crippen molar-refractivity contribution in [2.75, 3.05) is 18.9 Å². The van der Waals surface area contributed by atoms with Crippen LogP contribution in [0.2, 0.25) is 0 Å². The van der Waals surface area contributed by atoms with E-state index in [0.717, 1.165) is 25.7 Å². The normalized spacial score (nSPS) is 22.4. The quantitative estimate of drug-likeness (QED) is 0.145. The van der Waals surface area contributed by atoms with Crippen LogP contribution in [-0.4, -0.2) is 70.1 Å². The number of carbonyl (C=O) groups excluding carboxylic acids is 3. The van der Waals surface area contributed by atoms with Crippen molar-refractivity contribution in [3.63, 3.8) is 0 Å². The smallest absolute Gasteiger partial charge is 0.459 e. The molecule has 3 heterocycles. The van der Waals surface area contributed by atoms with Crippen LogP contribution in [-0.2, 0) is 53.4 Å². The third kappa shape index (κ3) is 8.59.